The number of aliphatic hydroxyl groups excluding tert-OH is 1. The number of rotatable bonds is 0. The summed E-state index contributed by atoms with van der Waals surface area (Å²) in [5.74, 6) is 1.07. The molecule has 1 aliphatic rings. The van der Waals surface area contributed by atoms with Crippen LogP contribution in [0.1, 0.15) is 33.1 Å². The molecule has 1 fully saturated rings. The van der Waals surface area contributed by atoms with Crippen molar-refractivity contribution in [3.05, 3.63) is 0 Å². The van der Waals surface area contributed by atoms with Gasteiger partial charge in [-0.25, -0.2) is 0 Å². The van der Waals surface area contributed by atoms with Crippen molar-refractivity contribution in [2.45, 2.75) is 39.2 Å². The van der Waals surface area contributed by atoms with Gasteiger partial charge in [0.1, 0.15) is 0 Å². The Kier molecular flexibility index (Phi) is 2.12. The second-order valence-corrected chi connectivity index (χ2v) is 3.38. The summed E-state index contributed by atoms with van der Waals surface area (Å²) < 4.78 is 0. The van der Waals surface area contributed by atoms with Gasteiger partial charge >= 0.3 is 0 Å². The van der Waals surface area contributed by atoms with Crippen molar-refractivity contribution in [3.63, 3.8) is 0 Å². The normalized spacial score (nSPS) is 45.0. The highest BCUT2D eigenvalue weighted by molar-refractivity contribution is 4.75. The Hall–Kier alpha value is -0.0400. The number of hydrogen-bond donors (Lipinski definition) is 1. The smallest absolute Gasteiger partial charge is 0.0591 e. The zero-order chi connectivity index (χ0) is 6.85. The quantitative estimate of drug-likeness (QED) is 0.527. The van der Waals surface area contributed by atoms with E-state index in [1.54, 1.807) is 0 Å². The van der Waals surface area contributed by atoms with Crippen LogP contribution in [0.5, 0.6) is 0 Å². The van der Waals surface area contributed by atoms with Crippen molar-refractivity contribution in [1.29, 1.82) is 0 Å². The molecule has 1 saturated carbocycles. The molecule has 0 amide bonds. The molecule has 0 bridgehead atoms. The second-order valence-electron chi connectivity index (χ2n) is 3.38. The van der Waals surface area contributed by atoms with Gasteiger partial charge < -0.3 is 5.11 Å². The van der Waals surface area contributed by atoms with Crippen LogP contribution in [0.2, 0.25) is 0 Å². The van der Waals surface area contributed by atoms with Gasteiger partial charge in [0, 0.05) is 0 Å². The van der Waals surface area contributed by atoms with Crippen molar-refractivity contribution in [2.75, 3.05) is 0 Å². The lowest BCUT2D eigenvalue weighted by Crippen LogP contribution is -2.29. The fraction of sp³-hybridized carbons (Fsp3) is 1.00. The first-order chi connectivity index (χ1) is 4.22. The summed E-state index contributed by atoms with van der Waals surface area (Å²) in [5.41, 5.74) is 0. The molecule has 0 spiro atoms. The maximum Gasteiger partial charge on any atom is 0.0591 e. The van der Waals surface area contributed by atoms with E-state index in [2.05, 4.69) is 13.8 Å². The first-order valence-electron chi connectivity index (χ1n) is 3.90. The van der Waals surface area contributed by atoms with Crippen LogP contribution >= 0.6 is 0 Å². The third-order valence-corrected chi connectivity index (χ3v) is 2.48. The first kappa shape index (κ1) is 7.07. The SMILES string of the molecule is C[C@@H]1CCC[C@H](C)C1O. The fourth-order valence-electron chi connectivity index (χ4n) is 1.66. The van der Waals surface area contributed by atoms with E-state index in [9.17, 15) is 5.11 Å². The van der Waals surface area contributed by atoms with Gasteiger partial charge in [0.15, 0.2) is 0 Å². The Labute approximate surface area is 57.1 Å². The van der Waals surface area contributed by atoms with Crippen LogP contribution in [-0.2, 0) is 0 Å². The maximum atomic E-state index is 9.45. The molecule has 54 valence electrons. The van der Waals surface area contributed by atoms with E-state index in [4.69, 9.17) is 0 Å². The number of aliphatic hydroxyl groups is 1. The van der Waals surface area contributed by atoms with Crippen LogP contribution in [0, 0.1) is 11.8 Å². The summed E-state index contributed by atoms with van der Waals surface area (Å²) in [5, 5.41) is 9.45. The summed E-state index contributed by atoms with van der Waals surface area (Å²) in [6, 6.07) is 0. The molecule has 0 aromatic heterocycles. The molecule has 0 heterocycles. The Morgan fingerprint density at radius 3 is 1.89 bits per heavy atom. The highest BCUT2D eigenvalue weighted by Gasteiger charge is 2.24. The molecule has 1 aliphatic carbocycles. The minimum Gasteiger partial charge on any atom is -0.393 e. The van der Waals surface area contributed by atoms with E-state index in [0.717, 1.165) is 0 Å². The lowest BCUT2D eigenvalue weighted by Gasteiger charge is -2.29. The lowest BCUT2D eigenvalue weighted by molar-refractivity contribution is 0.0334. The van der Waals surface area contributed by atoms with E-state index >= 15 is 0 Å². The topological polar surface area (TPSA) is 20.2 Å². The zero-order valence-electron chi connectivity index (χ0n) is 6.30. The molecule has 0 aliphatic heterocycles. The Bertz CT molecular complexity index is 80.6. The van der Waals surface area contributed by atoms with Crippen LogP contribution < -0.4 is 0 Å². The molecule has 3 atom stereocenters. The molecular weight excluding hydrogens is 112 g/mol. The van der Waals surface area contributed by atoms with E-state index in [-0.39, 0.29) is 6.10 Å². The summed E-state index contributed by atoms with van der Waals surface area (Å²) >= 11 is 0. The fourth-order valence-corrected chi connectivity index (χ4v) is 1.66. The van der Waals surface area contributed by atoms with Gasteiger partial charge in [0.25, 0.3) is 0 Å². The molecule has 0 radical (unpaired) electrons. The zero-order valence-corrected chi connectivity index (χ0v) is 6.30. The lowest BCUT2D eigenvalue weighted by atomic mass is 9.81. The first-order valence-corrected chi connectivity index (χ1v) is 3.90. The molecule has 1 nitrogen and oxygen atoms in total. The van der Waals surface area contributed by atoms with Gasteiger partial charge in [-0.3, -0.25) is 0 Å². The Morgan fingerprint density at radius 2 is 1.56 bits per heavy atom. The molecule has 9 heavy (non-hydrogen) atoms. The maximum absolute atomic E-state index is 9.45. The minimum atomic E-state index is -0.0289. The molecule has 0 saturated heterocycles. The van der Waals surface area contributed by atoms with Crippen LogP contribution in [0.25, 0.3) is 0 Å². The van der Waals surface area contributed by atoms with Crippen molar-refractivity contribution < 1.29 is 5.11 Å². The summed E-state index contributed by atoms with van der Waals surface area (Å²) in [6.07, 6.45) is 3.70. The second kappa shape index (κ2) is 2.70. The highest BCUT2D eigenvalue weighted by Crippen LogP contribution is 2.28. The average Bonchev–Trinajstić information content (AvgIpc) is 1.83. The van der Waals surface area contributed by atoms with Gasteiger partial charge in [0.2, 0.25) is 0 Å². The predicted octanol–water partition coefficient (Wildman–Crippen LogP) is 1.80. The number of hydrogen-bond acceptors (Lipinski definition) is 1. The Balaban J connectivity index is 2.41. The highest BCUT2D eigenvalue weighted by atomic mass is 16.3. The summed E-state index contributed by atoms with van der Waals surface area (Å²) in [7, 11) is 0. The van der Waals surface area contributed by atoms with Gasteiger partial charge in [-0.05, 0) is 24.7 Å². The molecule has 0 aromatic carbocycles. The third-order valence-electron chi connectivity index (χ3n) is 2.48. The third kappa shape index (κ3) is 1.45. The van der Waals surface area contributed by atoms with E-state index in [1.807, 2.05) is 0 Å². The van der Waals surface area contributed by atoms with Gasteiger partial charge in [-0.1, -0.05) is 20.3 Å². The van der Waals surface area contributed by atoms with Crippen molar-refractivity contribution in [2.24, 2.45) is 11.8 Å². The van der Waals surface area contributed by atoms with Crippen LogP contribution in [-0.4, -0.2) is 11.2 Å². The minimum absolute atomic E-state index is 0.0289. The average molecular weight is 128 g/mol. The molecule has 0 aromatic rings. The van der Waals surface area contributed by atoms with Crippen LogP contribution in [0.4, 0.5) is 0 Å². The standard InChI is InChI=1S/C8H16O/c1-6-4-3-5-7(2)8(6)9/h6-9H,3-5H2,1-2H3/t6-,7+,8?. The van der Waals surface area contributed by atoms with Crippen LogP contribution in [0.15, 0.2) is 0 Å². The van der Waals surface area contributed by atoms with Gasteiger partial charge in [0.05, 0.1) is 6.10 Å². The molecule has 1 heteroatoms. The van der Waals surface area contributed by atoms with E-state index < -0.39 is 0 Å². The van der Waals surface area contributed by atoms with Gasteiger partial charge in [-0.15, -0.1) is 0 Å². The molecule has 1 N–H and O–H groups in total. The predicted molar refractivity (Wildman–Crippen MR) is 38.2 cm³/mol. The van der Waals surface area contributed by atoms with E-state index in [1.165, 1.54) is 19.3 Å². The van der Waals surface area contributed by atoms with Crippen LogP contribution in [0.3, 0.4) is 0 Å². The largest absolute Gasteiger partial charge is 0.393 e. The molecular formula is C8H16O. The van der Waals surface area contributed by atoms with E-state index in [0.29, 0.717) is 11.8 Å². The van der Waals surface area contributed by atoms with Crippen molar-refractivity contribution in [3.8, 4) is 0 Å². The molecule has 1 unspecified atom stereocenters. The molecule has 1 rings (SSSR count). The Morgan fingerprint density at radius 1 is 1.11 bits per heavy atom. The van der Waals surface area contributed by atoms with Crippen molar-refractivity contribution >= 4 is 0 Å². The summed E-state index contributed by atoms with van der Waals surface area (Å²) in [4.78, 5) is 0. The van der Waals surface area contributed by atoms with Gasteiger partial charge in [-0.2, -0.15) is 0 Å². The summed E-state index contributed by atoms with van der Waals surface area (Å²) in [6.45, 7) is 4.28. The monoisotopic (exact) mass is 128 g/mol. The van der Waals surface area contributed by atoms with Crippen molar-refractivity contribution in [1.82, 2.24) is 0 Å².